The number of carbonyl (C=O) groups is 3. The number of amides is 3. The van der Waals surface area contributed by atoms with Gasteiger partial charge in [-0.05, 0) is 48.5 Å². The molecule has 0 aromatic heterocycles. The van der Waals surface area contributed by atoms with Crippen LogP contribution in [0.1, 0.15) is 10.4 Å². The van der Waals surface area contributed by atoms with E-state index in [1.54, 1.807) is 24.3 Å². The number of sulfonamides is 1. The van der Waals surface area contributed by atoms with E-state index in [0.717, 1.165) is 0 Å². The van der Waals surface area contributed by atoms with E-state index in [0.29, 0.717) is 24.7 Å². The van der Waals surface area contributed by atoms with Crippen molar-refractivity contribution < 1.29 is 37.0 Å². The number of imide groups is 1. The van der Waals surface area contributed by atoms with Gasteiger partial charge >= 0.3 is 12.0 Å². The van der Waals surface area contributed by atoms with Crippen molar-refractivity contribution in [2.45, 2.75) is 4.90 Å². The fraction of sp³-hybridized carbons (Fsp3) is 0.286. The molecule has 0 spiro atoms. The summed E-state index contributed by atoms with van der Waals surface area (Å²) in [5.74, 6) is -1.06. The molecule has 0 radical (unpaired) electrons. The van der Waals surface area contributed by atoms with E-state index < -0.39 is 34.5 Å². The molecule has 1 aliphatic heterocycles. The molecular formula is C21H23N3O8S. The second-order valence-electron chi connectivity index (χ2n) is 6.85. The van der Waals surface area contributed by atoms with Crippen LogP contribution in [0.5, 0.6) is 5.75 Å². The largest absolute Gasteiger partial charge is 0.497 e. The van der Waals surface area contributed by atoms with E-state index in [1.165, 1.54) is 35.7 Å². The highest BCUT2D eigenvalue weighted by Crippen LogP contribution is 2.18. The van der Waals surface area contributed by atoms with Gasteiger partial charge in [0.05, 0.1) is 30.8 Å². The Hall–Kier alpha value is -3.48. The minimum atomic E-state index is -3.69. The maximum Gasteiger partial charge on any atom is 0.338 e. The van der Waals surface area contributed by atoms with Crippen molar-refractivity contribution in [3.05, 3.63) is 54.1 Å². The SMILES string of the molecule is COc1ccc(NC(=O)NC(=O)COC(=O)c2ccc(S(=O)(=O)N3CCOCC3)cc2)cc1. The van der Waals surface area contributed by atoms with Gasteiger partial charge in [0.1, 0.15) is 5.75 Å². The second-order valence-corrected chi connectivity index (χ2v) is 8.79. The maximum absolute atomic E-state index is 12.6. The van der Waals surface area contributed by atoms with E-state index in [9.17, 15) is 22.8 Å². The molecule has 1 heterocycles. The zero-order chi connectivity index (χ0) is 23.8. The maximum atomic E-state index is 12.6. The number of esters is 1. The Bertz CT molecular complexity index is 1100. The third kappa shape index (κ3) is 6.51. The summed E-state index contributed by atoms with van der Waals surface area (Å²) in [6.45, 7) is 0.469. The monoisotopic (exact) mass is 477 g/mol. The molecule has 0 unspecified atom stereocenters. The minimum Gasteiger partial charge on any atom is -0.497 e. The summed E-state index contributed by atoms with van der Waals surface area (Å²) in [6, 6.07) is 10.8. The van der Waals surface area contributed by atoms with Crippen LogP contribution < -0.4 is 15.4 Å². The van der Waals surface area contributed by atoms with Gasteiger partial charge in [-0.1, -0.05) is 0 Å². The molecule has 2 aromatic carbocycles. The Balaban J connectivity index is 1.48. The van der Waals surface area contributed by atoms with Gasteiger partial charge in [0.25, 0.3) is 5.91 Å². The molecule has 176 valence electrons. The lowest BCUT2D eigenvalue weighted by molar-refractivity contribution is -0.123. The molecule has 0 saturated carbocycles. The highest BCUT2D eigenvalue weighted by atomic mass is 32.2. The molecule has 0 atom stereocenters. The Morgan fingerprint density at radius 2 is 1.64 bits per heavy atom. The molecule has 11 nitrogen and oxygen atoms in total. The van der Waals surface area contributed by atoms with Crippen molar-refractivity contribution in [1.29, 1.82) is 0 Å². The number of ether oxygens (including phenoxy) is 3. The summed E-state index contributed by atoms with van der Waals surface area (Å²) < 4.78 is 41.6. The zero-order valence-corrected chi connectivity index (χ0v) is 18.6. The topological polar surface area (TPSA) is 140 Å². The van der Waals surface area contributed by atoms with Crippen molar-refractivity contribution in [2.24, 2.45) is 0 Å². The number of benzene rings is 2. The molecule has 12 heteroatoms. The number of morpholine rings is 1. The van der Waals surface area contributed by atoms with Gasteiger partial charge in [-0.3, -0.25) is 10.1 Å². The number of anilines is 1. The Labute approximate surface area is 190 Å². The number of carbonyl (C=O) groups excluding carboxylic acids is 3. The minimum absolute atomic E-state index is 0.0360. The summed E-state index contributed by atoms with van der Waals surface area (Å²) >= 11 is 0. The van der Waals surface area contributed by atoms with Gasteiger partial charge < -0.3 is 19.5 Å². The average molecular weight is 477 g/mol. The Morgan fingerprint density at radius 3 is 2.24 bits per heavy atom. The molecule has 2 N–H and O–H groups in total. The lowest BCUT2D eigenvalue weighted by Gasteiger charge is -2.26. The molecule has 3 rings (SSSR count). The number of rotatable bonds is 7. The third-order valence-electron chi connectivity index (χ3n) is 4.63. The van der Waals surface area contributed by atoms with Gasteiger partial charge in [0.15, 0.2) is 6.61 Å². The van der Waals surface area contributed by atoms with Crippen LogP contribution in [0.15, 0.2) is 53.4 Å². The predicted molar refractivity (Wildman–Crippen MR) is 116 cm³/mol. The van der Waals surface area contributed by atoms with Crippen LogP contribution in [0.25, 0.3) is 0 Å². The van der Waals surface area contributed by atoms with E-state index in [-0.39, 0.29) is 23.5 Å². The smallest absolute Gasteiger partial charge is 0.338 e. The quantitative estimate of drug-likeness (QED) is 0.568. The first-order valence-electron chi connectivity index (χ1n) is 9.89. The van der Waals surface area contributed by atoms with Gasteiger partial charge in [0.2, 0.25) is 10.0 Å². The van der Waals surface area contributed by atoms with Crippen molar-refractivity contribution in [3.63, 3.8) is 0 Å². The molecule has 2 aromatic rings. The van der Waals surface area contributed by atoms with Crippen molar-refractivity contribution in [1.82, 2.24) is 9.62 Å². The first kappa shape index (κ1) is 24.2. The normalized spacial score (nSPS) is 14.2. The number of hydrogen-bond acceptors (Lipinski definition) is 8. The third-order valence-corrected chi connectivity index (χ3v) is 6.55. The molecule has 0 bridgehead atoms. The van der Waals surface area contributed by atoms with Crippen LogP contribution >= 0.6 is 0 Å². The van der Waals surface area contributed by atoms with Gasteiger partial charge in [-0.2, -0.15) is 4.31 Å². The van der Waals surface area contributed by atoms with Crippen LogP contribution in [0, 0.1) is 0 Å². The molecule has 0 aliphatic carbocycles. The fourth-order valence-corrected chi connectivity index (χ4v) is 4.32. The summed E-state index contributed by atoms with van der Waals surface area (Å²) in [7, 11) is -2.18. The van der Waals surface area contributed by atoms with Crippen molar-refractivity contribution in [3.8, 4) is 5.75 Å². The van der Waals surface area contributed by atoms with Crippen LogP contribution in [0.2, 0.25) is 0 Å². The highest BCUT2D eigenvalue weighted by Gasteiger charge is 2.26. The van der Waals surface area contributed by atoms with E-state index in [4.69, 9.17) is 14.2 Å². The Morgan fingerprint density at radius 1 is 1.00 bits per heavy atom. The Kier molecular flexibility index (Phi) is 7.98. The molecule has 1 fully saturated rings. The molecular weight excluding hydrogens is 454 g/mol. The van der Waals surface area contributed by atoms with Crippen molar-refractivity contribution in [2.75, 3.05) is 45.3 Å². The summed E-state index contributed by atoms with van der Waals surface area (Å²) in [5.41, 5.74) is 0.497. The van der Waals surface area contributed by atoms with Gasteiger partial charge in [-0.25, -0.2) is 18.0 Å². The highest BCUT2D eigenvalue weighted by molar-refractivity contribution is 7.89. The lowest BCUT2D eigenvalue weighted by atomic mass is 10.2. The summed E-state index contributed by atoms with van der Waals surface area (Å²) in [6.07, 6.45) is 0. The van der Waals surface area contributed by atoms with Crippen LogP contribution in [0.4, 0.5) is 10.5 Å². The number of nitrogens with one attached hydrogen (secondary N) is 2. The van der Waals surface area contributed by atoms with Crippen molar-refractivity contribution >= 4 is 33.6 Å². The molecule has 33 heavy (non-hydrogen) atoms. The zero-order valence-electron chi connectivity index (χ0n) is 17.8. The van der Waals surface area contributed by atoms with Crippen LogP contribution in [0.3, 0.4) is 0 Å². The number of urea groups is 1. The standard InChI is InChI=1S/C21H23N3O8S/c1-30-17-6-4-16(5-7-17)22-21(27)23-19(25)14-32-20(26)15-2-8-18(9-3-15)33(28,29)24-10-12-31-13-11-24/h2-9H,10-14H2,1H3,(H2,22,23,25,27). The number of methoxy groups -OCH3 is 1. The number of hydrogen-bond donors (Lipinski definition) is 2. The van der Waals surface area contributed by atoms with Crippen LogP contribution in [-0.4, -0.2) is 70.7 Å². The van der Waals surface area contributed by atoms with Gasteiger partial charge in [-0.15, -0.1) is 0 Å². The van der Waals surface area contributed by atoms with E-state index >= 15 is 0 Å². The average Bonchev–Trinajstić information content (AvgIpc) is 2.83. The summed E-state index contributed by atoms with van der Waals surface area (Å²) in [4.78, 5) is 35.9. The molecule has 1 aliphatic rings. The molecule has 1 saturated heterocycles. The van der Waals surface area contributed by atoms with E-state index in [1.807, 2.05) is 5.32 Å². The number of nitrogens with zero attached hydrogens (tertiary/aromatic N) is 1. The predicted octanol–water partition coefficient (Wildman–Crippen LogP) is 1.22. The van der Waals surface area contributed by atoms with Crippen LogP contribution in [-0.2, 0) is 24.3 Å². The first-order chi connectivity index (χ1) is 15.8. The fourth-order valence-electron chi connectivity index (χ4n) is 2.91. The summed E-state index contributed by atoms with van der Waals surface area (Å²) in [5, 5.41) is 4.49. The second kappa shape index (κ2) is 10.9. The molecule has 3 amide bonds. The lowest BCUT2D eigenvalue weighted by Crippen LogP contribution is -2.40. The first-order valence-corrected chi connectivity index (χ1v) is 11.3. The van der Waals surface area contributed by atoms with Gasteiger partial charge in [0, 0.05) is 18.8 Å². The van der Waals surface area contributed by atoms with E-state index in [2.05, 4.69) is 5.32 Å².